The third-order valence-corrected chi connectivity index (χ3v) is 2.68. The van der Waals surface area contributed by atoms with E-state index in [-0.39, 0.29) is 0 Å². The summed E-state index contributed by atoms with van der Waals surface area (Å²) in [5.41, 5.74) is 4.81. The van der Waals surface area contributed by atoms with Crippen molar-refractivity contribution in [3.8, 4) is 0 Å². The van der Waals surface area contributed by atoms with E-state index in [0.717, 1.165) is 28.0 Å². The summed E-state index contributed by atoms with van der Waals surface area (Å²) in [5.74, 6) is 0. The van der Waals surface area contributed by atoms with Crippen molar-refractivity contribution >= 4 is 6.72 Å². The molecular weight excluding hydrogens is 230 g/mol. The van der Waals surface area contributed by atoms with Gasteiger partial charge in [0.2, 0.25) is 0 Å². The molecule has 0 aliphatic carbocycles. The first-order valence-corrected chi connectivity index (χ1v) is 6.15. The van der Waals surface area contributed by atoms with Gasteiger partial charge in [-0.15, -0.1) is 0 Å². The van der Waals surface area contributed by atoms with E-state index in [9.17, 15) is 0 Å². The van der Waals surface area contributed by atoms with Gasteiger partial charge in [0.25, 0.3) is 0 Å². The third kappa shape index (κ3) is 5.35. The zero-order chi connectivity index (χ0) is 14.8. The Balaban J connectivity index is 5.87. The van der Waals surface area contributed by atoms with Crippen LogP contribution in [0.15, 0.2) is 89.2 Å². The van der Waals surface area contributed by atoms with Crippen LogP contribution in [-0.2, 0) is 0 Å². The van der Waals surface area contributed by atoms with Crippen LogP contribution in [0.3, 0.4) is 0 Å². The molecule has 0 N–H and O–H groups in total. The lowest BCUT2D eigenvalue weighted by atomic mass is 10.0. The van der Waals surface area contributed by atoms with Crippen LogP contribution in [0.2, 0.25) is 0 Å². The van der Waals surface area contributed by atoms with Crippen molar-refractivity contribution in [1.82, 2.24) is 0 Å². The van der Waals surface area contributed by atoms with Crippen molar-refractivity contribution < 1.29 is 0 Å². The maximum absolute atomic E-state index is 4.07. The predicted molar refractivity (Wildman–Crippen MR) is 88.4 cm³/mol. The summed E-state index contributed by atoms with van der Waals surface area (Å²) in [6.07, 6.45) is 11.4. The van der Waals surface area contributed by atoms with E-state index < -0.39 is 0 Å². The molecule has 0 aromatic rings. The summed E-state index contributed by atoms with van der Waals surface area (Å²) in [4.78, 5) is 4.07. The molecule has 0 unspecified atom stereocenters. The minimum atomic E-state index is 0.807. The van der Waals surface area contributed by atoms with Gasteiger partial charge in [-0.25, -0.2) is 0 Å². The van der Waals surface area contributed by atoms with Crippen molar-refractivity contribution in [2.75, 3.05) is 0 Å². The lowest BCUT2D eigenvalue weighted by Gasteiger charge is -2.07. The van der Waals surface area contributed by atoms with Crippen LogP contribution in [0.1, 0.15) is 20.8 Å². The van der Waals surface area contributed by atoms with E-state index in [1.807, 2.05) is 45.1 Å². The molecule has 19 heavy (non-hydrogen) atoms. The fourth-order valence-corrected chi connectivity index (χ4v) is 1.45. The lowest BCUT2D eigenvalue weighted by Crippen LogP contribution is -1.89. The molecule has 0 aliphatic rings. The average Bonchev–Trinajstić information content (AvgIpc) is 2.39. The van der Waals surface area contributed by atoms with Gasteiger partial charge in [0.05, 0.1) is 5.70 Å². The number of rotatable bonds is 7. The van der Waals surface area contributed by atoms with Crippen LogP contribution < -0.4 is 0 Å². The van der Waals surface area contributed by atoms with Gasteiger partial charge in [0, 0.05) is 0 Å². The largest absolute Gasteiger partial charge is 0.264 e. The first-order chi connectivity index (χ1) is 9.01. The van der Waals surface area contributed by atoms with E-state index in [1.165, 1.54) is 0 Å². The number of nitrogens with zero attached hydrogens (tertiary/aromatic N) is 1. The zero-order valence-electron chi connectivity index (χ0n) is 12.2. The van der Waals surface area contributed by atoms with Gasteiger partial charge in [-0.2, -0.15) is 0 Å². The van der Waals surface area contributed by atoms with Crippen LogP contribution >= 0.6 is 0 Å². The molecule has 1 nitrogen and oxygen atoms in total. The average molecular weight is 253 g/mol. The molecular formula is C18H23N. The van der Waals surface area contributed by atoms with Crippen molar-refractivity contribution in [3.05, 3.63) is 84.2 Å². The highest BCUT2D eigenvalue weighted by molar-refractivity contribution is 5.53. The Morgan fingerprint density at radius 3 is 2.11 bits per heavy atom. The molecule has 0 heterocycles. The fourth-order valence-electron chi connectivity index (χ4n) is 1.45. The van der Waals surface area contributed by atoms with Crippen molar-refractivity contribution in [2.24, 2.45) is 4.99 Å². The topological polar surface area (TPSA) is 12.4 Å². The van der Waals surface area contributed by atoms with Crippen LogP contribution in [0.5, 0.6) is 0 Å². The molecule has 0 radical (unpaired) electrons. The number of allylic oxidation sites excluding steroid dienone is 10. The summed E-state index contributed by atoms with van der Waals surface area (Å²) in [6.45, 7) is 21.0. The number of hydrogen-bond donors (Lipinski definition) is 0. The molecule has 0 fully saturated rings. The van der Waals surface area contributed by atoms with Crippen molar-refractivity contribution in [3.63, 3.8) is 0 Å². The quantitative estimate of drug-likeness (QED) is 0.429. The minimum Gasteiger partial charge on any atom is -0.264 e. The van der Waals surface area contributed by atoms with Gasteiger partial charge in [0.1, 0.15) is 0 Å². The Morgan fingerprint density at radius 1 is 1.11 bits per heavy atom. The molecule has 0 spiro atoms. The SMILES string of the molecule is C=C/C=C(\C=C/C)C(/C=C)=C/C(N=C)=C(\C)C(=C)C. The van der Waals surface area contributed by atoms with Crippen LogP contribution in [0.25, 0.3) is 0 Å². The Kier molecular flexibility index (Phi) is 7.87. The highest BCUT2D eigenvalue weighted by Gasteiger charge is 2.02. The Hall–Kier alpha value is -2.15. The second-order valence-electron chi connectivity index (χ2n) is 4.11. The smallest absolute Gasteiger partial charge is 0.0660 e. The Labute approximate surface area is 117 Å². The summed E-state index contributed by atoms with van der Waals surface area (Å²) >= 11 is 0. The molecule has 100 valence electrons. The van der Waals surface area contributed by atoms with E-state index in [4.69, 9.17) is 0 Å². The molecule has 0 rings (SSSR count). The normalized spacial score (nSPS) is 14.1. The van der Waals surface area contributed by atoms with Crippen LogP contribution in [0, 0.1) is 0 Å². The Morgan fingerprint density at radius 2 is 1.74 bits per heavy atom. The molecule has 0 aromatic heterocycles. The van der Waals surface area contributed by atoms with Gasteiger partial charge >= 0.3 is 0 Å². The second kappa shape index (κ2) is 8.87. The van der Waals surface area contributed by atoms with E-state index >= 15 is 0 Å². The van der Waals surface area contributed by atoms with Gasteiger partial charge in [-0.3, -0.25) is 4.99 Å². The maximum atomic E-state index is 4.07. The molecule has 0 aliphatic heterocycles. The van der Waals surface area contributed by atoms with Gasteiger partial charge in [0.15, 0.2) is 0 Å². The highest BCUT2D eigenvalue weighted by Crippen LogP contribution is 2.20. The van der Waals surface area contributed by atoms with E-state index in [2.05, 4.69) is 31.4 Å². The van der Waals surface area contributed by atoms with Crippen molar-refractivity contribution in [1.29, 1.82) is 0 Å². The summed E-state index contributed by atoms with van der Waals surface area (Å²) in [7, 11) is 0. The molecule has 0 aromatic carbocycles. The number of hydrogen-bond acceptors (Lipinski definition) is 1. The van der Waals surface area contributed by atoms with Crippen molar-refractivity contribution in [2.45, 2.75) is 20.8 Å². The van der Waals surface area contributed by atoms with E-state index in [0.29, 0.717) is 0 Å². The summed E-state index contributed by atoms with van der Waals surface area (Å²) in [5, 5.41) is 0. The zero-order valence-corrected chi connectivity index (χ0v) is 12.2. The standard InChI is InChI=1S/C18H23N/c1-8-11-17(12-9-2)16(10-3)13-18(19-7)15(6)14(4)5/h8-13H,1,3-4,7H2,2,5-6H3/b12-9-,16-13+,17-11+,18-15-. The molecule has 0 atom stereocenters. The summed E-state index contributed by atoms with van der Waals surface area (Å²) < 4.78 is 0. The number of aliphatic imine (C=N–C) groups is 1. The Bertz CT molecular complexity index is 494. The first-order valence-electron chi connectivity index (χ1n) is 6.15. The first kappa shape index (κ1) is 16.9. The van der Waals surface area contributed by atoms with Crippen LogP contribution in [0.4, 0.5) is 0 Å². The second-order valence-corrected chi connectivity index (χ2v) is 4.11. The molecule has 0 saturated carbocycles. The van der Waals surface area contributed by atoms with Crippen LogP contribution in [-0.4, -0.2) is 6.72 Å². The molecule has 0 saturated heterocycles. The molecule has 1 heteroatoms. The fraction of sp³-hybridized carbons (Fsp3) is 0.167. The van der Waals surface area contributed by atoms with E-state index in [1.54, 1.807) is 12.2 Å². The monoisotopic (exact) mass is 253 g/mol. The predicted octanol–water partition coefficient (Wildman–Crippen LogP) is 5.34. The van der Waals surface area contributed by atoms with Gasteiger partial charge in [-0.05, 0) is 50.3 Å². The lowest BCUT2D eigenvalue weighted by molar-refractivity contribution is 1.25. The summed E-state index contributed by atoms with van der Waals surface area (Å²) in [6, 6.07) is 0. The third-order valence-electron chi connectivity index (χ3n) is 2.68. The highest BCUT2D eigenvalue weighted by atomic mass is 14.7. The molecule has 0 amide bonds. The molecule has 0 bridgehead atoms. The van der Waals surface area contributed by atoms with Gasteiger partial charge in [-0.1, -0.05) is 55.7 Å². The maximum Gasteiger partial charge on any atom is 0.0660 e. The minimum absolute atomic E-state index is 0.807. The van der Waals surface area contributed by atoms with Gasteiger partial charge < -0.3 is 0 Å².